The third kappa shape index (κ3) is 2.00. The van der Waals surface area contributed by atoms with Crippen LogP contribution in [0.15, 0.2) is 12.1 Å². The van der Waals surface area contributed by atoms with Gasteiger partial charge in [0, 0.05) is 13.1 Å². The molecule has 0 radical (unpaired) electrons. The summed E-state index contributed by atoms with van der Waals surface area (Å²) in [6.07, 6.45) is 0. The molecule has 1 aliphatic heterocycles. The lowest BCUT2D eigenvalue weighted by Gasteiger charge is -2.40. The van der Waals surface area contributed by atoms with Crippen LogP contribution in [0.1, 0.15) is 16.7 Å². The molecule has 1 saturated heterocycles. The minimum absolute atomic E-state index is 0. The summed E-state index contributed by atoms with van der Waals surface area (Å²) in [6, 6.07) is 3.70. The molecule has 4 heteroatoms. The summed E-state index contributed by atoms with van der Waals surface area (Å²) in [5, 5.41) is 3.13. The Kier molecular flexibility index (Phi) is 3.38. The van der Waals surface area contributed by atoms with Crippen molar-refractivity contribution in [1.82, 2.24) is 5.32 Å². The number of hydrogen-bond acceptors (Lipinski definition) is 2. The largest absolute Gasteiger partial charge is 0.319 e. The van der Waals surface area contributed by atoms with Crippen molar-refractivity contribution in [2.45, 2.75) is 19.4 Å². The van der Waals surface area contributed by atoms with Gasteiger partial charge in [-0.3, -0.25) is 0 Å². The Balaban J connectivity index is 0.00000112. The fraction of sp³-hybridized carbons (Fsp3) is 0.455. The van der Waals surface area contributed by atoms with E-state index in [9.17, 15) is 4.39 Å². The summed E-state index contributed by atoms with van der Waals surface area (Å²) in [5.41, 5.74) is 8.23. The maximum absolute atomic E-state index is 13.4. The highest BCUT2D eigenvalue weighted by Crippen LogP contribution is 2.26. The first-order chi connectivity index (χ1) is 6.53. The highest BCUT2D eigenvalue weighted by atomic mass is 35.5. The lowest BCUT2D eigenvalue weighted by molar-refractivity contribution is 0.286. The molecule has 1 aromatic rings. The van der Waals surface area contributed by atoms with E-state index in [1.54, 1.807) is 13.8 Å². The quantitative estimate of drug-likeness (QED) is 0.770. The van der Waals surface area contributed by atoms with E-state index in [0.717, 1.165) is 18.7 Å². The van der Waals surface area contributed by atoms with Gasteiger partial charge in [0.1, 0.15) is 5.82 Å². The van der Waals surface area contributed by atoms with E-state index in [-0.39, 0.29) is 23.8 Å². The molecule has 0 aliphatic carbocycles. The third-order valence-corrected chi connectivity index (χ3v) is 2.89. The van der Waals surface area contributed by atoms with Crippen molar-refractivity contribution in [2.24, 2.45) is 5.73 Å². The van der Waals surface area contributed by atoms with Crippen LogP contribution in [0.5, 0.6) is 0 Å². The van der Waals surface area contributed by atoms with Gasteiger partial charge in [0.15, 0.2) is 0 Å². The summed E-state index contributed by atoms with van der Waals surface area (Å²) in [5.74, 6) is -0.121. The minimum Gasteiger partial charge on any atom is -0.319 e. The van der Waals surface area contributed by atoms with Gasteiger partial charge in [-0.15, -0.1) is 12.4 Å². The van der Waals surface area contributed by atoms with Gasteiger partial charge in [-0.05, 0) is 30.5 Å². The van der Waals surface area contributed by atoms with Gasteiger partial charge < -0.3 is 11.1 Å². The van der Waals surface area contributed by atoms with Crippen molar-refractivity contribution >= 4 is 12.4 Å². The van der Waals surface area contributed by atoms with E-state index in [4.69, 9.17) is 5.73 Å². The van der Waals surface area contributed by atoms with Crippen molar-refractivity contribution < 1.29 is 4.39 Å². The van der Waals surface area contributed by atoms with Gasteiger partial charge in [0.2, 0.25) is 0 Å². The van der Waals surface area contributed by atoms with E-state index in [0.29, 0.717) is 11.1 Å². The van der Waals surface area contributed by atoms with Gasteiger partial charge in [0.25, 0.3) is 0 Å². The molecule has 15 heavy (non-hydrogen) atoms. The molecule has 2 nitrogen and oxygen atoms in total. The Morgan fingerprint density at radius 2 is 1.73 bits per heavy atom. The minimum atomic E-state index is -0.288. The van der Waals surface area contributed by atoms with E-state index in [1.807, 2.05) is 12.1 Å². The van der Waals surface area contributed by atoms with Crippen LogP contribution in [0, 0.1) is 19.7 Å². The highest BCUT2D eigenvalue weighted by molar-refractivity contribution is 5.85. The summed E-state index contributed by atoms with van der Waals surface area (Å²) in [6.45, 7) is 5.11. The number of nitrogens with two attached hydrogens (primary N) is 1. The first-order valence-corrected chi connectivity index (χ1v) is 4.80. The molecule has 1 heterocycles. The van der Waals surface area contributed by atoms with E-state index in [2.05, 4.69) is 5.32 Å². The van der Waals surface area contributed by atoms with Crippen molar-refractivity contribution in [1.29, 1.82) is 0 Å². The molecule has 0 atom stereocenters. The molecule has 0 amide bonds. The average Bonchev–Trinajstić information content (AvgIpc) is 2.09. The summed E-state index contributed by atoms with van der Waals surface area (Å²) in [4.78, 5) is 0. The molecular formula is C11H16ClFN2. The van der Waals surface area contributed by atoms with Crippen molar-refractivity contribution in [3.8, 4) is 0 Å². The zero-order valence-electron chi connectivity index (χ0n) is 8.93. The molecule has 0 saturated carbocycles. The molecular weight excluding hydrogens is 215 g/mol. The molecule has 0 aromatic heterocycles. The second-order valence-corrected chi connectivity index (χ2v) is 4.18. The molecule has 0 bridgehead atoms. The maximum atomic E-state index is 13.4. The first-order valence-electron chi connectivity index (χ1n) is 4.80. The molecule has 1 aromatic carbocycles. The predicted molar refractivity (Wildman–Crippen MR) is 61.9 cm³/mol. The SMILES string of the molecule is Cc1cc(C2(N)CNC2)cc(C)c1F.Cl. The van der Waals surface area contributed by atoms with Crippen molar-refractivity contribution in [3.63, 3.8) is 0 Å². The topological polar surface area (TPSA) is 38.0 Å². The van der Waals surface area contributed by atoms with Crippen LogP contribution in [0.2, 0.25) is 0 Å². The van der Waals surface area contributed by atoms with Crippen LogP contribution < -0.4 is 11.1 Å². The average molecular weight is 231 g/mol. The molecule has 0 unspecified atom stereocenters. The molecule has 2 rings (SSSR count). The highest BCUT2D eigenvalue weighted by Gasteiger charge is 2.34. The zero-order chi connectivity index (χ0) is 10.3. The standard InChI is InChI=1S/C11H15FN2.ClH/c1-7-3-9(4-8(2)10(7)12)11(13)5-14-6-11;/h3-4,14H,5-6,13H2,1-2H3;1H. The fourth-order valence-electron chi connectivity index (χ4n) is 1.83. The van der Waals surface area contributed by atoms with Gasteiger partial charge in [0.05, 0.1) is 5.54 Å². The normalized spacial score (nSPS) is 17.9. The van der Waals surface area contributed by atoms with Crippen LogP contribution in [0.25, 0.3) is 0 Å². The lowest BCUT2D eigenvalue weighted by Crippen LogP contribution is -2.62. The Hall–Kier alpha value is -0.640. The molecule has 1 fully saturated rings. The summed E-state index contributed by atoms with van der Waals surface area (Å²) < 4.78 is 13.4. The van der Waals surface area contributed by atoms with Crippen LogP contribution in [0.4, 0.5) is 4.39 Å². The van der Waals surface area contributed by atoms with E-state index >= 15 is 0 Å². The molecule has 0 spiro atoms. The van der Waals surface area contributed by atoms with Gasteiger partial charge in [-0.2, -0.15) is 0 Å². The van der Waals surface area contributed by atoms with Gasteiger partial charge in [-0.25, -0.2) is 4.39 Å². The van der Waals surface area contributed by atoms with Crippen LogP contribution in [0.3, 0.4) is 0 Å². The van der Waals surface area contributed by atoms with E-state index < -0.39 is 0 Å². The van der Waals surface area contributed by atoms with Gasteiger partial charge >= 0.3 is 0 Å². The third-order valence-electron chi connectivity index (χ3n) is 2.89. The maximum Gasteiger partial charge on any atom is 0.129 e. The molecule has 3 N–H and O–H groups in total. The van der Waals surface area contributed by atoms with Gasteiger partial charge in [-0.1, -0.05) is 12.1 Å². The Morgan fingerprint density at radius 3 is 2.07 bits per heavy atom. The summed E-state index contributed by atoms with van der Waals surface area (Å²) >= 11 is 0. The second-order valence-electron chi connectivity index (χ2n) is 4.18. The van der Waals surface area contributed by atoms with Crippen LogP contribution >= 0.6 is 12.4 Å². The number of nitrogens with one attached hydrogen (secondary N) is 1. The lowest BCUT2D eigenvalue weighted by atomic mass is 9.84. The Labute approximate surface area is 95.5 Å². The smallest absolute Gasteiger partial charge is 0.129 e. The molecule has 1 aliphatic rings. The zero-order valence-corrected chi connectivity index (χ0v) is 9.75. The Morgan fingerprint density at radius 1 is 1.27 bits per heavy atom. The van der Waals surface area contributed by atoms with Crippen LogP contribution in [-0.2, 0) is 5.54 Å². The van der Waals surface area contributed by atoms with Crippen LogP contribution in [-0.4, -0.2) is 13.1 Å². The monoisotopic (exact) mass is 230 g/mol. The number of aryl methyl sites for hydroxylation is 2. The van der Waals surface area contributed by atoms with Crippen molar-refractivity contribution in [3.05, 3.63) is 34.6 Å². The second kappa shape index (κ2) is 4.08. The Bertz CT molecular complexity index is 352. The summed E-state index contributed by atoms with van der Waals surface area (Å²) in [7, 11) is 0. The van der Waals surface area contributed by atoms with Crippen molar-refractivity contribution in [2.75, 3.05) is 13.1 Å². The van der Waals surface area contributed by atoms with E-state index in [1.165, 1.54) is 0 Å². The first kappa shape index (κ1) is 12.4. The number of hydrogen-bond donors (Lipinski definition) is 2. The predicted octanol–water partition coefficient (Wildman–Crippen LogP) is 1.62. The number of halogens is 2. The molecule has 84 valence electrons. The number of rotatable bonds is 1. The number of benzene rings is 1. The fourth-order valence-corrected chi connectivity index (χ4v) is 1.83.